The molecule has 0 bridgehead atoms. The SMILES string of the molecule is Cc1ccc(-c2noc(-c3nnc(SCC(=O)Nc4cccc(C#N)c4)n3C)n2)cc1. The van der Waals surface area contributed by atoms with E-state index in [9.17, 15) is 4.79 Å². The lowest BCUT2D eigenvalue weighted by atomic mass is 10.1. The molecule has 2 aromatic heterocycles. The van der Waals surface area contributed by atoms with Crippen molar-refractivity contribution >= 4 is 23.4 Å². The molecule has 10 heteroatoms. The van der Waals surface area contributed by atoms with E-state index in [1.807, 2.05) is 37.3 Å². The van der Waals surface area contributed by atoms with Gasteiger partial charge in [-0.05, 0) is 25.1 Å². The number of anilines is 1. The number of thioether (sulfide) groups is 1. The molecule has 0 fully saturated rings. The fourth-order valence-electron chi connectivity index (χ4n) is 2.75. The van der Waals surface area contributed by atoms with Crippen LogP contribution in [0.15, 0.2) is 58.2 Å². The zero-order valence-corrected chi connectivity index (χ0v) is 17.6. The van der Waals surface area contributed by atoms with Crippen LogP contribution >= 0.6 is 11.8 Å². The quantitative estimate of drug-likeness (QED) is 0.461. The second kappa shape index (κ2) is 8.81. The Labute approximate surface area is 182 Å². The Kier molecular flexibility index (Phi) is 5.77. The van der Waals surface area contributed by atoms with Gasteiger partial charge in [-0.15, -0.1) is 10.2 Å². The molecule has 31 heavy (non-hydrogen) atoms. The lowest BCUT2D eigenvalue weighted by Crippen LogP contribution is -2.14. The van der Waals surface area contributed by atoms with Crippen molar-refractivity contribution in [3.63, 3.8) is 0 Å². The molecule has 1 N–H and O–H groups in total. The Morgan fingerprint density at radius 2 is 2.03 bits per heavy atom. The molecular weight excluding hydrogens is 414 g/mol. The predicted octanol–water partition coefficient (Wildman–Crippen LogP) is 3.44. The molecule has 4 aromatic rings. The van der Waals surface area contributed by atoms with E-state index in [1.165, 1.54) is 11.8 Å². The summed E-state index contributed by atoms with van der Waals surface area (Å²) in [6, 6.07) is 16.6. The first kappa shape index (κ1) is 20.3. The Morgan fingerprint density at radius 1 is 1.23 bits per heavy atom. The number of amides is 1. The number of rotatable bonds is 6. The number of benzene rings is 2. The number of nitrogens with zero attached hydrogens (tertiary/aromatic N) is 6. The Bertz CT molecular complexity index is 1270. The molecule has 9 nitrogen and oxygen atoms in total. The van der Waals surface area contributed by atoms with E-state index in [2.05, 4.69) is 25.7 Å². The molecule has 0 saturated heterocycles. The second-order valence-electron chi connectivity index (χ2n) is 6.68. The van der Waals surface area contributed by atoms with E-state index in [-0.39, 0.29) is 17.6 Å². The summed E-state index contributed by atoms with van der Waals surface area (Å²) in [5.41, 5.74) is 3.03. The highest BCUT2D eigenvalue weighted by Gasteiger charge is 2.19. The number of aryl methyl sites for hydroxylation is 1. The van der Waals surface area contributed by atoms with Crippen LogP contribution in [0.4, 0.5) is 5.69 Å². The summed E-state index contributed by atoms with van der Waals surface area (Å²) in [6.45, 7) is 2.01. The first-order valence-electron chi connectivity index (χ1n) is 9.27. The summed E-state index contributed by atoms with van der Waals surface area (Å²) in [4.78, 5) is 16.7. The molecule has 0 unspecified atom stereocenters. The van der Waals surface area contributed by atoms with Gasteiger partial charge < -0.3 is 14.4 Å². The molecule has 0 aliphatic rings. The third kappa shape index (κ3) is 4.62. The molecule has 0 radical (unpaired) electrons. The lowest BCUT2D eigenvalue weighted by molar-refractivity contribution is -0.113. The lowest BCUT2D eigenvalue weighted by Gasteiger charge is -2.05. The van der Waals surface area contributed by atoms with Crippen molar-refractivity contribution in [1.82, 2.24) is 24.9 Å². The van der Waals surface area contributed by atoms with Gasteiger partial charge in [-0.2, -0.15) is 10.2 Å². The maximum absolute atomic E-state index is 12.2. The molecular formula is C21H17N7O2S. The van der Waals surface area contributed by atoms with E-state index in [4.69, 9.17) is 9.78 Å². The first-order valence-corrected chi connectivity index (χ1v) is 10.3. The van der Waals surface area contributed by atoms with Gasteiger partial charge in [0.15, 0.2) is 5.16 Å². The highest BCUT2D eigenvalue weighted by atomic mass is 32.2. The fraction of sp³-hybridized carbons (Fsp3) is 0.143. The van der Waals surface area contributed by atoms with Gasteiger partial charge in [0, 0.05) is 18.3 Å². The number of aromatic nitrogens is 5. The molecule has 2 aromatic carbocycles. The van der Waals surface area contributed by atoms with Crippen LogP contribution in [-0.4, -0.2) is 36.6 Å². The van der Waals surface area contributed by atoms with Gasteiger partial charge >= 0.3 is 0 Å². The molecule has 2 heterocycles. The smallest absolute Gasteiger partial charge is 0.296 e. The zero-order valence-electron chi connectivity index (χ0n) is 16.7. The van der Waals surface area contributed by atoms with E-state index < -0.39 is 0 Å². The van der Waals surface area contributed by atoms with Gasteiger partial charge in [-0.25, -0.2) is 0 Å². The number of nitriles is 1. The van der Waals surface area contributed by atoms with Crippen LogP contribution < -0.4 is 5.32 Å². The maximum Gasteiger partial charge on any atom is 0.296 e. The summed E-state index contributed by atoms with van der Waals surface area (Å²) < 4.78 is 7.05. The Balaban J connectivity index is 1.42. The minimum absolute atomic E-state index is 0.126. The highest BCUT2D eigenvalue weighted by Crippen LogP contribution is 2.24. The van der Waals surface area contributed by atoms with Gasteiger partial charge in [-0.3, -0.25) is 4.79 Å². The first-order chi connectivity index (χ1) is 15.0. The van der Waals surface area contributed by atoms with Crippen LogP contribution in [0.5, 0.6) is 0 Å². The normalized spacial score (nSPS) is 10.6. The van der Waals surface area contributed by atoms with Crippen LogP contribution in [0.2, 0.25) is 0 Å². The minimum atomic E-state index is -0.218. The second-order valence-corrected chi connectivity index (χ2v) is 7.63. The van der Waals surface area contributed by atoms with Gasteiger partial charge in [0.05, 0.1) is 17.4 Å². The van der Waals surface area contributed by atoms with Crippen LogP contribution in [0.25, 0.3) is 23.1 Å². The molecule has 4 rings (SSSR count). The van der Waals surface area contributed by atoms with Gasteiger partial charge in [0.2, 0.25) is 17.6 Å². The summed E-state index contributed by atoms with van der Waals surface area (Å²) in [6.07, 6.45) is 0. The average molecular weight is 431 g/mol. The third-order valence-electron chi connectivity index (χ3n) is 4.37. The van der Waals surface area contributed by atoms with Crippen molar-refractivity contribution in [2.75, 3.05) is 11.1 Å². The number of nitrogens with one attached hydrogen (secondary N) is 1. The fourth-order valence-corrected chi connectivity index (χ4v) is 3.47. The van der Waals surface area contributed by atoms with Crippen LogP contribution in [-0.2, 0) is 11.8 Å². The summed E-state index contributed by atoms with van der Waals surface area (Å²) in [5.74, 6) is 1.03. The predicted molar refractivity (Wildman–Crippen MR) is 115 cm³/mol. The van der Waals surface area contributed by atoms with Crippen molar-refractivity contribution in [3.05, 3.63) is 59.7 Å². The summed E-state index contributed by atoms with van der Waals surface area (Å²) in [7, 11) is 1.77. The Morgan fingerprint density at radius 3 is 2.81 bits per heavy atom. The van der Waals surface area contributed by atoms with Crippen molar-refractivity contribution < 1.29 is 9.32 Å². The van der Waals surface area contributed by atoms with Crippen LogP contribution in [0.3, 0.4) is 0 Å². The zero-order chi connectivity index (χ0) is 21.8. The monoisotopic (exact) mass is 431 g/mol. The topological polar surface area (TPSA) is 123 Å². The third-order valence-corrected chi connectivity index (χ3v) is 5.39. The van der Waals surface area contributed by atoms with Crippen molar-refractivity contribution in [1.29, 1.82) is 5.26 Å². The van der Waals surface area contributed by atoms with E-state index in [0.717, 1.165) is 11.1 Å². The summed E-state index contributed by atoms with van der Waals surface area (Å²) >= 11 is 1.23. The minimum Gasteiger partial charge on any atom is -0.330 e. The molecule has 0 atom stereocenters. The molecule has 1 amide bonds. The van der Waals surface area contributed by atoms with Crippen molar-refractivity contribution in [2.45, 2.75) is 12.1 Å². The molecule has 154 valence electrons. The van der Waals surface area contributed by atoms with Crippen LogP contribution in [0.1, 0.15) is 11.1 Å². The molecule has 0 saturated carbocycles. The van der Waals surface area contributed by atoms with Gasteiger partial charge in [0.25, 0.3) is 5.89 Å². The molecule has 0 aliphatic carbocycles. The summed E-state index contributed by atoms with van der Waals surface area (Å²) in [5, 5.41) is 24.5. The van der Waals surface area contributed by atoms with E-state index >= 15 is 0 Å². The van der Waals surface area contributed by atoms with Gasteiger partial charge in [0.1, 0.15) is 0 Å². The highest BCUT2D eigenvalue weighted by molar-refractivity contribution is 7.99. The maximum atomic E-state index is 12.2. The van der Waals surface area contributed by atoms with E-state index in [0.29, 0.717) is 28.1 Å². The van der Waals surface area contributed by atoms with Gasteiger partial charge in [-0.1, -0.05) is 52.8 Å². The van der Waals surface area contributed by atoms with Crippen molar-refractivity contribution in [3.8, 4) is 29.2 Å². The van der Waals surface area contributed by atoms with Crippen LogP contribution in [0, 0.1) is 18.3 Å². The molecule has 0 spiro atoms. The molecule has 0 aliphatic heterocycles. The number of hydrogen-bond donors (Lipinski definition) is 1. The van der Waals surface area contributed by atoms with E-state index in [1.54, 1.807) is 35.9 Å². The number of carbonyl (C=O) groups excluding carboxylic acids is 1. The average Bonchev–Trinajstić information content (AvgIpc) is 3.40. The Hall–Kier alpha value is -3.97. The standard InChI is InChI=1S/C21H17N7O2S/c1-13-6-8-15(9-7-13)18-24-20(30-27-18)19-25-26-21(28(19)2)31-12-17(29)23-16-5-3-4-14(10-16)11-22/h3-10H,12H2,1-2H3,(H,23,29). The number of carbonyl (C=O) groups is 1. The van der Waals surface area contributed by atoms with Crippen molar-refractivity contribution in [2.24, 2.45) is 7.05 Å². The largest absolute Gasteiger partial charge is 0.330 e. The number of hydrogen-bond acceptors (Lipinski definition) is 8.